The second kappa shape index (κ2) is 14.2. The molecule has 12 aromatic rings. The Bertz CT molecular complexity index is 3910. The van der Waals surface area contributed by atoms with Crippen molar-refractivity contribution in [3.8, 4) is 68.2 Å². The fourth-order valence-corrected chi connectivity index (χ4v) is 9.58. The fraction of sp³-hybridized carbons (Fsp3) is 0.0769. The number of aromatic nitrogens is 12. The SMILES string of the molecule is Cn1c(-c2cc(-c3cccc(N4c5ccccc5Oc5ccccc54)c3)c(-c3nc4cccnc4n3C)c(-c3nc4cccnc4n3C)c2-c2nc3cccnc3n2C)nc2cccnc21. The maximum absolute atomic E-state index is 6.45. The molecule has 0 atom stereocenters. The first-order valence-electron chi connectivity index (χ1n) is 21.5. The van der Waals surface area contributed by atoms with Crippen LogP contribution in [0.2, 0.25) is 0 Å². The molecule has 0 unspecified atom stereocenters. The van der Waals surface area contributed by atoms with Gasteiger partial charge < -0.3 is 27.9 Å². The van der Waals surface area contributed by atoms with Crippen molar-refractivity contribution in [1.82, 2.24) is 58.1 Å². The van der Waals surface area contributed by atoms with Gasteiger partial charge in [0.05, 0.1) is 11.4 Å². The third-order valence-electron chi connectivity index (χ3n) is 12.6. The molecule has 0 fully saturated rings. The molecule has 0 saturated heterocycles. The monoisotopic (exact) mass is 859 g/mol. The number of fused-ring (bicyclic) bond motifs is 6. The van der Waals surface area contributed by atoms with E-state index < -0.39 is 0 Å². The van der Waals surface area contributed by atoms with Crippen molar-refractivity contribution in [3.05, 3.63) is 152 Å². The van der Waals surface area contributed by atoms with Crippen LogP contribution in [0.25, 0.3) is 101 Å². The lowest BCUT2D eigenvalue weighted by molar-refractivity contribution is 0.477. The summed E-state index contributed by atoms with van der Waals surface area (Å²) in [5.74, 6) is 4.27. The lowest BCUT2D eigenvalue weighted by Crippen LogP contribution is -2.15. The van der Waals surface area contributed by atoms with E-state index in [1.54, 1.807) is 24.8 Å². The van der Waals surface area contributed by atoms with Gasteiger partial charge in [-0.25, -0.2) is 39.9 Å². The minimum atomic E-state index is 0.668. The minimum Gasteiger partial charge on any atom is -0.453 e. The molecule has 0 amide bonds. The average molecular weight is 860 g/mol. The first-order valence-corrected chi connectivity index (χ1v) is 21.5. The molecule has 0 N–H and O–H groups in total. The van der Waals surface area contributed by atoms with Gasteiger partial charge in [-0.15, -0.1) is 0 Å². The van der Waals surface area contributed by atoms with Gasteiger partial charge in [-0.3, -0.25) is 0 Å². The molecule has 0 bridgehead atoms. The van der Waals surface area contributed by atoms with Crippen LogP contribution in [0, 0.1) is 0 Å². The number of benzene rings is 4. The van der Waals surface area contributed by atoms with Gasteiger partial charge in [0.2, 0.25) is 0 Å². The van der Waals surface area contributed by atoms with Gasteiger partial charge in [0.25, 0.3) is 0 Å². The summed E-state index contributed by atoms with van der Waals surface area (Å²) in [6, 6.07) is 42.7. The predicted molar refractivity (Wildman–Crippen MR) is 257 cm³/mol. The third-order valence-corrected chi connectivity index (χ3v) is 12.6. The highest BCUT2D eigenvalue weighted by Gasteiger charge is 2.34. The average Bonchev–Trinajstić information content (AvgIpc) is 4.09. The van der Waals surface area contributed by atoms with Crippen LogP contribution in [-0.2, 0) is 28.2 Å². The molecule has 1 aliphatic heterocycles. The Balaban J connectivity index is 1.22. The molecule has 8 aromatic heterocycles. The molecule has 1 aliphatic rings. The fourth-order valence-electron chi connectivity index (χ4n) is 9.58. The number of rotatable bonds is 6. The van der Waals surface area contributed by atoms with Crippen LogP contribution in [-0.4, -0.2) is 58.1 Å². The topological polar surface area (TPSA) is 135 Å². The second-order valence-electron chi connectivity index (χ2n) is 16.4. The van der Waals surface area contributed by atoms with Crippen molar-refractivity contribution < 1.29 is 4.74 Å². The second-order valence-corrected chi connectivity index (χ2v) is 16.4. The molecule has 0 spiro atoms. The standard InChI is InChI=1S/C52H37N13O/c1-61-45(57-34-16-10-24-53-46(34)61)33-29-32(30-14-9-15-31(28-30)65-38-20-5-7-22-40(38)66-41-23-8-6-21-39(41)65)42(50-58-35-17-11-25-54-47(35)62(50)2)44(52-60-37-19-13-27-56-49(37)64(52)4)43(33)51-59-36-18-12-26-55-48(36)63(51)3/h5-29H,1-4H3. The first-order chi connectivity index (χ1) is 32.4. The highest BCUT2D eigenvalue weighted by atomic mass is 16.5. The molecular formula is C52H37N13O. The molecule has 14 nitrogen and oxygen atoms in total. The highest BCUT2D eigenvalue weighted by molar-refractivity contribution is 6.07. The van der Waals surface area contributed by atoms with E-state index in [0.717, 1.165) is 107 Å². The van der Waals surface area contributed by atoms with E-state index in [1.165, 1.54) is 0 Å². The first kappa shape index (κ1) is 37.5. The molecule has 66 heavy (non-hydrogen) atoms. The summed E-state index contributed by atoms with van der Waals surface area (Å²) in [4.78, 5) is 43.1. The van der Waals surface area contributed by atoms with Gasteiger partial charge in [0.15, 0.2) is 34.1 Å². The van der Waals surface area contributed by atoms with Crippen molar-refractivity contribution in [2.45, 2.75) is 0 Å². The van der Waals surface area contributed by atoms with Crippen molar-refractivity contribution in [2.24, 2.45) is 28.2 Å². The van der Waals surface area contributed by atoms with Crippen LogP contribution in [0.1, 0.15) is 0 Å². The number of anilines is 3. The normalized spacial score (nSPS) is 12.3. The number of ether oxygens (including phenoxy) is 1. The van der Waals surface area contributed by atoms with Crippen molar-refractivity contribution in [1.29, 1.82) is 0 Å². The number of para-hydroxylation sites is 4. The molecule has 0 aliphatic carbocycles. The Hall–Kier alpha value is -9.04. The van der Waals surface area contributed by atoms with Gasteiger partial charge >= 0.3 is 0 Å². The summed E-state index contributed by atoms with van der Waals surface area (Å²) in [6.45, 7) is 0. The Labute approximate surface area is 376 Å². The lowest BCUT2D eigenvalue weighted by Gasteiger charge is -2.33. The van der Waals surface area contributed by atoms with Gasteiger partial charge in [-0.2, -0.15) is 0 Å². The maximum Gasteiger partial charge on any atom is 0.159 e. The molecule has 0 radical (unpaired) electrons. The van der Waals surface area contributed by atoms with Crippen molar-refractivity contribution in [3.63, 3.8) is 0 Å². The molecule has 4 aromatic carbocycles. The van der Waals surface area contributed by atoms with Crippen LogP contribution in [0.3, 0.4) is 0 Å². The minimum absolute atomic E-state index is 0.668. The van der Waals surface area contributed by atoms with E-state index in [0.29, 0.717) is 23.3 Å². The van der Waals surface area contributed by atoms with Crippen LogP contribution < -0.4 is 9.64 Å². The smallest absolute Gasteiger partial charge is 0.159 e. The zero-order valence-corrected chi connectivity index (χ0v) is 36.2. The van der Waals surface area contributed by atoms with Crippen LogP contribution >= 0.6 is 0 Å². The quantitative estimate of drug-likeness (QED) is 0.159. The number of imidazole rings is 4. The largest absolute Gasteiger partial charge is 0.453 e. The van der Waals surface area contributed by atoms with Gasteiger partial charge in [0.1, 0.15) is 45.4 Å². The summed E-state index contributed by atoms with van der Waals surface area (Å²) >= 11 is 0. The molecule has 9 heterocycles. The number of nitrogens with zero attached hydrogens (tertiary/aromatic N) is 13. The van der Waals surface area contributed by atoms with E-state index in [2.05, 4.69) is 61.1 Å². The summed E-state index contributed by atoms with van der Waals surface area (Å²) < 4.78 is 14.7. The van der Waals surface area contributed by atoms with Gasteiger partial charge in [-0.1, -0.05) is 36.4 Å². The lowest BCUT2D eigenvalue weighted by atomic mass is 9.86. The molecule has 316 valence electrons. The van der Waals surface area contributed by atoms with Crippen LogP contribution in [0.15, 0.2) is 152 Å². The summed E-state index contributed by atoms with van der Waals surface area (Å²) in [7, 11) is 8.04. The Morgan fingerprint density at radius 3 is 1.29 bits per heavy atom. The number of hydrogen-bond acceptors (Lipinski definition) is 10. The molecule has 0 saturated carbocycles. The predicted octanol–water partition coefficient (Wildman–Crippen LogP) is 10.7. The van der Waals surface area contributed by atoms with Crippen molar-refractivity contribution >= 4 is 61.7 Å². The molecule has 13 rings (SSSR count). The van der Waals surface area contributed by atoms with E-state index in [9.17, 15) is 0 Å². The number of aryl methyl sites for hydroxylation is 4. The van der Waals surface area contributed by atoms with E-state index >= 15 is 0 Å². The maximum atomic E-state index is 6.45. The van der Waals surface area contributed by atoms with Crippen LogP contribution in [0.4, 0.5) is 17.1 Å². The van der Waals surface area contributed by atoms with Gasteiger partial charge in [0, 0.05) is 80.9 Å². The molecular weight excluding hydrogens is 823 g/mol. The van der Waals surface area contributed by atoms with E-state index in [-0.39, 0.29) is 0 Å². The van der Waals surface area contributed by atoms with Crippen LogP contribution in [0.5, 0.6) is 11.5 Å². The van der Waals surface area contributed by atoms with Gasteiger partial charge in [-0.05, 0) is 102 Å². The van der Waals surface area contributed by atoms with Crippen molar-refractivity contribution in [2.75, 3.05) is 4.90 Å². The molecule has 14 heteroatoms. The third kappa shape index (κ3) is 5.48. The Kier molecular flexibility index (Phi) is 8.09. The summed E-state index contributed by atoms with van der Waals surface area (Å²) in [6.07, 6.45) is 7.19. The zero-order chi connectivity index (χ0) is 44.2. The van der Waals surface area contributed by atoms with E-state index in [4.69, 9.17) is 44.6 Å². The number of hydrogen-bond donors (Lipinski definition) is 0. The van der Waals surface area contributed by atoms with E-state index in [1.807, 2.05) is 118 Å². The summed E-state index contributed by atoms with van der Waals surface area (Å²) in [5, 5.41) is 0. The zero-order valence-electron chi connectivity index (χ0n) is 36.2. The highest BCUT2D eigenvalue weighted by Crippen LogP contribution is 2.53. The summed E-state index contributed by atoms with van der Waals surface area (Å²) in [5.41, 5.74) is 13.8. The number of pyridine rings is 4. The Morgan fingerprint density at radius 1 is 0.379 bits per heavy atom. The Morgan fingerprint density at radius 2 is 0.803 bits per heavy atom.